The zero-order chi connectivity index (χ0) is 22.6. The quantitative estimate of drug-likeness (QED) is 0.592. The molecule has 4 amide bonds. The molecule has 0 bridgehead atoms. The highest BCUT2D eigenvalue weighted by atomic mass is 35.5. The van der Waals surface area contributed by atoms with Crippen molar-refractivity contribution < 1.29 is 14.4 Å². The Bertz CT molecular complexity index is 840. The van der Waals surface area contributed by atoms with Crippen molar-refractivity contribution in [2.24, 2.45) is 0 Å². The second-order valence-corrected chi connectivity index (χ2v) is 9.50. The van der Waals surface area contributed by atoms with Crippen molar-refractivity contribution in [3.8, 4) is 0 Å². The van der Waals surface area contributed by atoms with Gasteiger partial charge in [-0.2, -0.15) is 0 Å². The predicted molar refractivity (Wildman–Crippen MR) is 121 cm³/mol. The van der Waals surface area contributed by atoms with Crippen molar-refractivity contribution in [1.29, 1.82) is 0 Å². The van der Waals surface area contributed by atoms with E-state index in [1.165, 1.54) is 0 Å². The Hall–Kier alpha value is -1.83. The predicted octanol–water partition coefficient (Wildman–Crippen LogP) is 3.53. The van der Waals surface area contributed by atoms with Crippen molar-refractivity contribution in [2.75, 3.05) is 33.7 Å². The molecule has 1 N–H and O–H groups in total. The Balaban J connectivity index is 1.71. The molecule has 0 unspecified atom stereocenters. The molecule has 1 spiro atoms. The number of benzene rings is 1. The van der Waals surface area contributed by atoms with Crippen LogP contribution in [0, 0.1) is 0 Å². The summed E-state index contributed by atoms with van der Waals surface area (Å²) >= 11 is 12.1. The van der Waals surface area contributed by atoms with E-state index in [9.17, 15) is 14.4 Å². The largest absolute Gasteiger partial charge is 0.337 e. The number of nitrogens with zero attached hydrogens (tertiary/aromatic N) is 3. The number of halogens is 2. The summed E-state index contributed by atoms with van der Waals surface area (Å²) in [6.45, 7) is 1.40. The van der Waals surface area contributed by atoms with E-state index in [2.05, 4.69) is 5.32 Å². The Labute approximate surface area is 193 Å². The molecule has 31 heavy (non-hydrogen) atoms. The van der Waals surface area contributed by atoms with Crippen LogP contribution in [-0.2, 0) is 16.1 Å². The van der Waals surface area contributed by atoms with E-state index in [-0.39, 0.29) is 18.4 Å². The molecular weight excluding hydrogens is 439 g/mol. The fraction of sp³-hybridized carbons (Fsp3) is 0.591. The molecule has 7 nitrogen and oxygen atoms in total. The fourth-order valence-corrected chi connectivity index (χ4v) is 4.60. The van der Waals surface area contributed by atoms with Crippen molar-refractivity contribution in [1.82, 2.24) is 20.0 Å². The molecule has 1 aromatic carbocycles. The lowest BCUT2D eigenvalue weighted by Crippen LogP contribution is -2.49. The molecule has 1 aliphatic heterocycles. The van der Waals surface area contributed by atoms with E-state index in [1.54, 1.807) is 17.0 Å². The smallest absolute Gasteiger partial charge is 0.325 e. The monoisotopic (exact) mass is 468 g/mol. The lowest BCUT2D eigenvalue weighted by atomic mass is 9.82. The number of hydrogen-bond acceptors (Lipinski definition) is 4. The zero-order valence-corrected chi connectivity index (χ0v) is 19.6. The summed E-state index contributed by atoms with van der Waals surface area (Å²) < 4.78 is 0. The van der Waals surface area contributed by atoms with Crippen LogP contribution in [0.1, 0.15) is 44.1 Å². The average Bonchev–Trinajstić information content (AvgIpc) is 2.94. The standard InChI is InChI=1S/C22H30Cl2N4O3/c1-26(2)11-6-12-27(14-16-7-8-17(23)18(24)13-16)19(29)15-28-20(30)22(25-21(28)31)9-4-3-5-10-22/h7-8,13H,3-6,9-12,14-15H2,1-2H3,(H,25,31). The first-order valence-electron chi connectivity index (χ1n) is 10.7. The second-order valence-electron chi connectivity index (χ2n) is 8.68. The number of nitrogens with one attached hydrogen (secondary N) is 1. The molecular formula is C22H30Cl2N4O3. The summed E-state index contributed by atoms with van der Waals surface area (Å²) in [7, 11) is 3.95. The number of carbonyl (C=O) groups is 3. The molecule has 170 valence electrons. The van der Waals surface area contributed by atoms with Crippen LogP contribution in [0.15, 0.2) is 18.2 Å². The lowest BCUT2D eigenvalue weighted by molar-refractivity contribution is -0.140. The number of imide groups is 1. The molecule has 0 aromatic heterocycles. The van der Waals surface area contributed by atoms with Crippen molar-refractivity contribution >= 4 is 41.0 Å². The molecule has 1 saturated carbocycles. The van der Waals surface area contributed by atoms with E-state index in [0.29, 0.717) is 36.0 Å². The first-order chi connectivity index (χ1) is 14.7. The normalized spacial score (nSPS) is 18.0. The van der Waals surface area contributed by atoms with Gasteiger partial charge >= 0.3 is 6.03 Å². The first-order valence-corrected chi connectivity index (χ1v) is 11.5. The second kappa shape index (κ2) is 10.2. The van der Waals surface area contributed by atoms with Gasteiger partial charge in [0.1, 0.15) is 12.1 Å². The van der Waals surface area contributed by atoms with E-state index in [1.807, 2.05) is 25.1 Å². The maximum atomic E-state index is 13.2. The summed E-state index contributed by atoms with van der Waals surface area (Å²) in [5.41, 5.74) is 0.0169. The molecule has 0 radical (unpaired) electrons. The average molecular weight is 469 g/mol. The Morgan fingerprint density at radius 3 is 2.45 bits per heavy atom. The van der Waals surface area contributed by atoms with Crippen LogP contribution in [0.25, 0.3) is 0 Å². The number of hydrogen-bond donors (Lipinski definition) is 1. The van der Waals surface area contributed by atoms with E-state index in [0.717, 1.165) is 42.7 Å². The van der Waals surface area contributed by atoms with Crippen molar-refractivity contribution in [3.05, 3.63) is 33.8 Å². The van der Waals surface area contributed by atoms with Gasteiger partial charge < -0.3 is 15.1 Å². The van der Waals surface area contributed by atoms with Crippen LogP contribution in [0.5, 0.6) is 0 Å². The Morgan fingerprint density at radius 2 is 1.81 bits per heavy atom. The van der Waals surface area contributed by atoms with Gasteiger partial charge in [-0.3, -0.25) is 14.5 Å². The molecule has 3 rings (SSSR count). The molecule has 1 saturated heterocycles. The summed E-state index contributed by atoms with van der Waals surface area (Å²) in [6, 6.07) is 4.79. The topological polar surface area (TPSA) is 73.0 Å². The molecule has 2 fully saturated rings. The number of carbonyl (C=O) groups excluding carboxylic acids is 3. The highest BCUT2D eigenvalue weighted by Crippen LogP contribution is 2.33. The molecule has 9 heteroatoms. The minimum atomic E-state index is -0.824. The summed E-state index contributed by atoms with van der Waals surface area (Å²) in [5, 5.41) is 3.74. The summed E-state index contributed by atoms with van der Waals surface area (Å²) in [6.07, 6.45) is 4.91. The SMILES string of the molecule is CN(C)CCCN(Cc1ccc(Cl)c(Cl)c1)C(=O)CN1C(=O)NC2(CCCCC2)C1=O. The van der Waals surface area contributed by atoms with Gasteiger partial charge in [0, 0.05) is 13.1 Å². The third-order valence-electron chi connectivity index (χ3n) is 5.99. The molecule has 1 aliphatic carbocycles. The fourth-order valence-electron chi connectivity index (χ4n) is 4.28. The van der Waals surface area contributed by atoms with Crippen LogP contribution in [0.2, 0.25) is 10.0 Å². The van der Waals surface area contributed by atoms with E-state index < -0.39 is 11.6 Å². The van der Waals surface area contributed by atoms with Crippen LogP contribution in [0.3, 0.4) is 0 Å². The van der Waals surface area contributed by atoms with Crippen molar-refractivity contribution in [2.45, 2.75) is 50.6 Å². The Kier molecular flexibility index (Phi) is 7.83. The van der Waals surface area contributed by atoms with Gasteiger partial charge in [0.25, 0.3) is 5.91 Å². The van der Waals surface area contributed by atoms with Gasteiger partial charge in [0.05, 0.1) is 10.0 Å². The zero-order valence-electron chi connectivity index (χ0n) is 18.1. The molecule has 2 aliphatic rings. The highest BCUT2D eigenvalue weighted by Gasteiger charge is 2.51. The van der Waals surface area contributed by atoms with E-state index in [4.69, 9.17) is 23.2 Å². The van der Waals surface area contributed by atoms with Gasteiger partial charge in [-0.15, -0.1) is 0 Å². The maximum absolute atomic E-state index is 13.2. The van der Waals surface area contributed by atoms with Gasteiger partial charge in [0.2, 0.25) is 5.91 Å². The summed E-state index contributed by atoms with van der Waals surface area (Å²) in [4.78, 5) is 43.6. The van der Waals surface area contributed by atoms with Gasteiger partial charge in [-0.25, -0.2) is 4.79 Å². The third-order valence-corrected chi connectivity index (χ3v) is 6.73. The number of rotatable bonds is 8. The molecule has 0 atom stereocenters. The Morgan fingerprint density at radius 1 is 1.10 bits per heavy atom. The minimum absolute atomic E-state index is 0.254. The van der Waals surface area contributed by atoms with Crippen LogP contribution >= 0.6 is 23.2 Å². The number of urea groups is 1. The number of amides is 4. The maximum Gasteiger partial charge on any atom is 0.325 e. The minimum Gasteiger partial charge on any atom is -0.337 e. The van der Waals surface area contributed by atoms with Gasteiger partial charge in [-0.1, -0.05) is 48.5 Å². The molecule has 1 heterocycles. The third kappa shape index (κ3) is 5.70. The van der Waals surface area contributed by atoms with Gasteiger partial charge in [0.15, 0.2) is 0 Å². The first kappa shape index (κ1) is 23.8. The van der Waals surface area contributed by atoms with Crippen LogP contribution < -0.4 is 5.32 Å². The summed E-state index contributed by atoms with van der Waals surface area (Å²) in [5.74, 6) is -0.533. The van der Waals surface area contributed by atoms with E-state index >= 15 is 0 Å². The van der Waals surface area contributed by atoms with Crippen LogP contribution in [0.4, 0.5) is 4.79 Å². The van der Waals surface area contributed by atoms with Crippen LogP contribution in [-0.4, -0.2) is 71.8 Å². The molecule has 1 aromatic rings. The lowest BCUT2D eigenvalue weighted by Gasteiger charge is -2.30. The van der Waals surface area contributed by atoms with Gasteiger partial charge in [-0.05, 0) is 57.6 Å². The highest BCUT2D eigenvalue weighted by molar-refractivity contribution is 6.42. The van der Waals surface area contributed by atoms with Crippen molar-refractivity contribution in [3.63, 3.8) is 0 Å².